The van der Waals surface area contributed by atoms with Crippen LogP contribution in [0.1, 0.15) is 45.4 Å². The fourth-order valence-corrected chi connectivity index (χ4v) is 2.63. The Bertz CT molecular complexity index is 312. The number of unbranched alkanes of at least 4 members (excludes halogenated alkanes) is 2. The topological polar surface area (TPSA) is 79.4 Å². The van der Waals surface area contributed by atoms with Gasteiger partial charge in [-0.05, 0) is 19.3 Å². The van der Waals surface area contributed by atoms with Gasteiger partial charge in [0.2, 0.25) is 0 Å². The van der Waals surface area contributed by atoms with E-state index in [-0.39, 0.29) is 11.4 Å². The monoisotopic (exact) mass is 269 g/mol. The second-order valence-corrected chi connectivity index (χ2v) is 5.51. The van der Waals surface area contributed by atoms with Gasteiger partial charge in [0.25, 0.3) is 0 Å². The van der Waals surface area contributed by atoms with Gasteiger partial charge < -0.3 is 15.4 Å². The maximum absolute atomic E-state index is 12.6. The molecule has 0 bridgehead atoms. The third-order valence-corrected chi connectivity index (χ3v) is 4.00. The summed E-state index contributed by atoms with van der Waals surface area (Å²) in [5.41, 5.74) is 5.13. The summed E-state index contributed by atoms with van der Waals surface area (Å²) in [4.78, 5) is 14.2. The van der Waals surface area contributed by atoms with Crippen molar-refractivity contribution in [1.29, 1.82) is 5.41 Å². The molecule has 0 radical (unpaired) electrons. The van der Waals surface area contributed by atoms with E-state index in [1.807, 2.05) is 0 Å². The molecular formula is C14H27N3O2. The van der Waals surface area contributed by atoms with Crippen LogP contribution in [-0.2, 0) is 9.53 Å². The van der Waals surface area contributed by atoms with Crippen molar-refractivity contribution >= 4 is 11.7 Å². The zero-order valence-corrected chi connectivity index (χ0v) is 12.2. The smallest absolute Gasteiger partial charge is 0.188 e. The lowest BCUT2D eigenvalue weighted by Gasteiger charge is -2.39. The van der Waals surface area contributed by atoms with Crippen LogP contribution in [0.4, 0.5) is 0 Å². The molecule has 5 nitrogen and oxygen atoms in total. The molecule has 0 unspecified atom stereocenters. The van der Waals surface area contributed by atoms with Gasteiger partial charge in [0, 0.05) is 33.2 Å². The highest BCUT2D eigenvalue weighted by molar-refractivity contribution is 5.86. The molecule has 0 aliphatic carbocycles. The summed E-state index contributed by atoms with van der Waals surface area (Å²) in [6.07, 6.45) is 5.31. The van der Waals surface area contributed by atoms with Gasteiger partial charge in [-0.2, -0.15) is 0 Å². The SMILES string of the molecule is CCCCCC(=O)C1(CN(C)C(=N)N)CCOCC1. The van der Waals surface area contributed by atoms with E-state index < -0.39 is 0 Å². The number of nitrogens with one attached hydrogen (secondary N) is 1. The molecule has 0 aromatic rings. The molecule has 0 aromatic heterocycles. The van der Waals surface area contributed by atoms with E-state index in [9.17, 15) is 4.79 Å². The molecule has 5 heteroatoms. The first-order chi connectivity index (χ1) is 9.02. The van der Waals surface area contributed by atoms with Gasteiger partial charge in [-0.3, -0.25) is 10.2 Å². The normalized spacial score (nSPS) is 18.0. The number of rotatable bonds is 7. The van der Waals surface area contributed by atoms with E-state index in [2.05, 4.69) is 6.92 Å². The van der Waals surface area contributed by atoms with Gasteiger partial charge in [-0.25, -0.2) is 0 Å². The highest BCUT2D eigenvalue weighted by Gasteiger charge is 2.40. The molecule has 0 aromatic carbocycles. The van der Waals surface area contributed by atoms with Crippen LogP contribution in [0.3, 0.4) is 0 Å². The Balaban J connectivity index is 2.68. The molecule has 1 rings (SSSR count). The highest BCUT2D eigenvalue weighted by Crippen LogP contribution is 2.34. The molecule has 1 aliphatic rings. The van der Waals surface area contributed by atoms with E-state index in [1.54, 1.807) is 11.9 Å². The maximum atomic E-state index is 12.6. The van der Waals surface area contributed by atoms with Crippen molar-refractivity contribution in [1.82, 2.24) is 4.90 Å². The summed E-state index contributed by atoms with van der Waals surface area (Å²) in [6.45, 7) is 3.94. The van der Waals surface area contributed by atoms with Gasteiger partial charge in [-0.15, -0.1) is 0 Å². The summed E-state index contributed by atoms with van der Waals surface area (Å²) in [5, 5.41) is 7.48. The minimum atomic E-state index is -0.369. The zero-order chi connectivity index (χ0) is 14.3. The lowest BCUT2D eigenvalue weighted by Crippen LogP contribution is -2.48. The first-order valence-electron chi connectivity index (χ1n) is 7.18. The van der Waals surface area contributed by atoms with Crippen LogP contribution in [0.2, 0.25) is 0 Å². The van der Waals surface area contributed by atoms with Crippen molar-refractivity contribution in [3.63, 3.8) is 0 Å². The molecule has 110 valence electrons. The Labute approximate surface area is 116 Å². The Morgan fingerprint density at radius 2 is 2.00 bits per heavy atom. The number of nitrogens with zero attached hydrogens (tertiary/aromatic N) is 1. The molecule has 0 saturated carbocycles. The van der Waals surface area contributed by atoms with Crippen molar-refractivity contribution in [3.05, 3.63) is 0 Å². The average Bonchev–Trinajstić information content (AvgIpc) is 2.39. The average molecular weight is 269 g/mol. The predicted molar refractivity (Wildman–Crippen MR) is 76.2 cm³/mol. The standard InChI is InChI=1S/C14H27N3O2/c1-3-4-5-6-12(18)14(7-9-19-10-8-14)11-17(2)13(15)16/h3-11H2,1-2H3,(H3,15,16). The second-order valence-electron chi connectivity index (χ2n) is 5.51. The summed E-state index contributed by atoms with van der Waals surface area (Å²) < 4.78 is 5.39. The van der Waals surface area contributed by atoms with Crippen LogP contribution in [0.25, 0.3) is 0 Å². The summed E-state index contributed by atoms with van der Waals surface area (Å²) >= 11 is 0. The minimum Gasteiger partial charge on any atom is -0.381 e. The molecule has 1 fully saturated rings. The molecule has 1 heterocycles. The number of carbonyl (C=O) groups is 1. The molecule has 0 atom stereocenters. The first kappa shape index (κ1) is 16.0. The van der Waals surface area contributed by atoms with Gasteiger partial charge >= 0.3 is 0 Å². The van der Waals surface area contributed by atoms with Crippen molar-refractivity contribution in [2.45, 2.75) is 45.4 Å². The molecule has 3 N–H and O–H groups in total. The number of ketones is 1. The summed E-state index contributed by atoms with van der Waals surface area (Å²) in [7, 11) is 1.78. The number of nitrogens with two attached hydrogens (primary N) is 1. The third kappa shape index (κ3) is 4.49. The Kier molecular flexibility index (Phi) is 6.28. The van der Waals surface area contributed by atoms with Crippen LogP contribution < -0.4 is 5.73 Å². The Morgan fingerprint density at radius 3 is 2.53 bits per heavy atom. The number of ether oxygens (including phenoxy) is 1. The number of carbonyl (C=O) groups excluding carboxylic acids is 1. The number of Topliss-reactive ketones (excluding diaryl/α,β-unsaturated/α-hetero) is 1. The van der Waals surface area contributed by atoms with Crippen LogP contribution >= 0.6 is 0 Å². The van der Waals surface area contributed by atoms with Crippen LogP contribution in [0, 0.1) is 10.8 Å². The fourth-order valence-electron chi connectivity index (χ4n) is 2.63. The highest BCUT2D eigenvalue weighted by atomic mass is 16.5. The van der Waals surface area contributed by atoms with Gasteiger partial charge in [0.1, 0.15) is 5.78 Å². The third-order valence-electron chi connectivity index (χ3n) is 4.00. The second kappa shape index (κ2) is 7.48. The Morgan fingerprint density at radius 1 is 1.37 bits per heavy atom. The van der Waals surface area contributed by atoms with E-state index in [0.717, 1.165) is 32.1 Å². The molecular weight excluding hydrogens is 242 g/mol. The number of guanidine groups is 1. The Hall–Kier alpha value is -1.10. The molecule has 1 aliphatic heterocycles. The summed E-state index contributed by atoms with van der Waals surface area (Å²) in [5.74, 6) is 0.338. The zero-order valence-electron chi connectivity index (χ0n) is 12.2. The van der Waals surface area contributed by atoms with E-state index in [1.165, 1.54) is 0 Å². The van der Waals surface area contributed by atoms with Crippen LogP contribution in [-0.4, -0.2) is 43.4 Å². The number of hydrogen-bond donors (Lipinski definition) is 2. The lowest BCUT2D eigenvalue weighted by atomic mass is 9.74. The van der Waals surface area contributed by atoms with E-state index in [4.69, 9.17) is 15.9 Å². The summed E-state index contributed by atoms with van der Waals surface area (Å²) in [6, 6.07) is 0. The fraction of sp³-hybridized carbons (Fsp3) is 0.857. The van der Waals surface area contributed by atoms with Crippen molar-refractivity contribution < 1.29 is 9.53 Å². The van der Waals surface area contributed by atoms with Gasteiger partial charge in [0.15, 0.2) is 5.96 Å². The number of hydrogen-bond acceptors (Lipinski definition) is 3. The van der Waals surface area contributed by atoms with Crippen molar-refractivity contribution in [2.24, 2.45) is 11.1 Å². The largest absolute Gasteiger partial charge is 0.381 e. The molecule has 0 spiro atoms. The molecule has 1 saturated heterocycles. The quantitative estimate of drug-likeness (QED) is 0.419. The predicted octanol–water partition coefficient (Wildman–Crippen LogP) is 1.76. The van der Waals surface area contributed by atoms with Crippen molar-refractivity contribution in [3.8, 4) is 0 Å². The minimum absolute atomic E-state index is 0.0206. The maximum Gasteiger partial charge on any atom is 0.188 e. The van der Waals surface area contributed by atoms with Gasteiger partial charge in [0.05, 0.1) is 5.41 Å². The van der Waals surface area contributed by atoms with Gasteiger partial charge in [-0.1, -0.05) is 19.8 Å². The lowest BCUT2D eigenvalue weighted by molar-refractivity contribution is -0.135. The van der Waals surface area contributed by atoms with Crippen LogP contribution in [0.5, 0.6) is 0 Å². The molecule has 19 heavy (non-hydrogen) atoms. The van der Waals surface area contributed by atoms with E-state index in [0.29, 0.717) is 32.0 Å². The molecule has 0 amide bonds. The first-order valence-corrected chi connectivity index (χ1v) is 7.18. The van der Waals surface area contributed by atoms with E-state index >= 15 is 0 Å². The van der Waals surface area contributed by atoms with Crippen molar-refractivity contribution in [2.75, 3.05) is 26.8 Å². The van der Waals surface area contributed by atoms with Crippen LogP contribution in [0.15, 0.2) is 0 Å².